The minimum absolute atomic E-state index is 0.0684. The molecule has 0 spiro atoms. The molecule has 0 amide bonds. The van der Waals surface area contributed by atoms with Crippen LogP contribution >= 0.6 is 0 Å². The Morgan fingerprint density at radius 2 is 1.31 bits per heavy atom. The van der Waals surface area contributed by atoms with E-state index in [0.29, 0.717) is 5.75 Å². The Labute approximate surface area is 160 Å². The molecule has 0 saturated carbocycles. The van der Waals surface area contributed by atoms with Gasteiger partial charge in [0.05, 0.1) is 0 Å². The van der Waals surface area contributed by atoms with Crippen molar-refractivity contribution in [3.8, 4) is 5.75 Å². The largest absolute Gasteiger partial charge is 0.507 e. The van der Waals surface area contributed by atoms with Crippen molar-refractivity contribution >= 4 is 0 Å². The van der Waals surface area contributed by atoms with Crippen LogP contribution in [-0.2, 0) is 36.6 Å². The first kappa shape index (κ1) is 20.6. The molecule has 0 unspecified atom stereocenters. The lowest BCUT2D eigenvalue weighted by molar-refractivity contribution is 0.422. The molecule has 0 bridgehead atoms. The van der Waals surface area contributed by atoms with E-state index in [0.717, 1.165) is 36.9 Å². The molecule has 2 aromatic rings. The Kier molecular flexibility index (Phi) is 5.95. The Balaban J connectivity index is 2.36. The van der Waals surface area contributed by atoms with Crippen molar-refractivity contribution in [3.05, 3.63) is 52.3 Å². The molecule has 144 valence electrons. The quantitative estimate of drug-likeness (QED) is 0.683. The van der Waals surface area contributed by atoms with Gasteiger partial charge < -0.3 is 9.67 Å². The number of aryl methyl sites for hydroxylation is 4. The number of aromatic nitrogens is 1. The number of aromatic hydroxyl groups is 1. The number of hydrogen-bond acceptors (Lipinski definition) is 1. The van der Waals surface area contributed by atoms with Crippen LogP contribution < -0.4 is 0 Å². The molecule has 2 rings (SSSR count). The summed E-state index contributed by atoms with van der Waals surface area (Å²) in [5, 5.41) is 10.9. The molecular formula is C24H37NO. The van der Waals surface area contributed by atoms with Crippen molar-refractivity contribution in [2.24, 2.45) is 0 Å². The fourth-order valence-corrected chi connectivity index (χ4v) is 3.62. The lowest BCUT2D eigenvalue weighted by Gasteiger charge is -2.28. The van der Waals surface area contributed by atoms with E-state index in [9.17, 15) is 5.11 Å². The molecule has 26 heavy (non-hydrogen) atoms. The van der Waals surface area contributed by atoms with Gasteiger partial charge in [0.2, 0.25) is 0 Å². The molecule has 2 nitrogen and oxygen atoms in total. The van der Waals surface area contributed by atoms with Crippen LogP contribution in [0.2, 0.25) is 0 Å². The first-order valence-electron chi connectivity index (χ1n) is 10.0. The summed E-state index contributed by atoms with van der Waals surface area (Å²) in [6, 6.07) is 6.77. The van der Waals surface area contributed by atoms with Crippen LogP contribution in [0.25, 0.3) is 0 Å². The molecule has 0 aliphatic heterocycles. The van der Waals surface area contributed by atoms with Crippen LogP contribution in [0.5, 0.6) is 5.75 Å². The fraction of sp³-hybridized carbons (Fsp3) is 0.583. The van der Waals surface area contributed by atoms with Gasteiger partial charge in [-0.3, -0.25) is 0 Å². The highest BCUT2D eigenvalue weighted by Gasteiger charge is 2.26. The number of phenolic OH excluding ortho intramolecular Hbond substituents is 1. The van der Waals surface area contributed by atoms with Gasteiger partial charge >= 0.3 is 0 Å². The van der Waals surface area contributed by atoms with Crippen molar-refractivity contribution in [1.82, 2.24) is 4.57 Å². The SMILES string of the molecule is CCc1cc(CCc2cc(C(C)(C)C)c(O)c(C(C)(C)C)c2)cn1CC. The zero-order valence-electron chi connectivity index (χ0n) is 18.0. The van der Waals surface area contributed by atoms with Crippen molar-refractivity contribution in [2.75, 3.05) is 0 Å². The zero-order chi connectivity index (χ0) is 19.7. The van der Waals surface area contributed by atoms with E-state index in [2.05, 4.69) is 84.4 Å². The Morgan fingerprint density at radius 1 is 0.808 bits per heavy atom. The van der Waals surface area contributed by atoms with Crippen LogP contribution in [0, 0.1) is 0 Å². The molecule has 0 aliphatic carbocycles. The summed E-state index contributed by atoms with van der Waals surface area (Å²) in [5.74, 6) is 0.471. The van der Waals surface area contributed by atoms with Crippen molar-refractivity contribution in [3.63, 3.8) is 0 Å². The Bertz CT molecular complexity index is 697. The lowest BCUT2D eigenvalue weighted by Crippen LogP contribution is -2.18. The van der Waals surface area contributed by atoms with Gasteiger partial charge in [0.15, 0.2) is 0 Å². The van der Waals surface area contributed by atoms with Gasteiger partial charge in [0, 0.05) is 18.4 Å². The first-order valence-corrected chi connectivity index (χ1v) is 10.0. The zero-order valence-corrected chi connectivity index (χ0v) is 18.0. The summed E-state index contributed by atoms with van der Waals surface area (Å²) in [7, 11) is 0. The average molecular weight is 356 g/mol. The highest BCUT2D eigenvalue weighted by atomic mass is 16.3. The second kappa shape index (κ2) is 7.50. The molecule has 1 aromatic carbocycles. The minimum atomic E-state index is -0.0684. The van der Waals surface area contributed by atoms with Gasteiger partial charge in [0.25, 0.3) is 0 Å². The van der Waals surface area contributed by atoms with E-state index in [1.54, 1.807) is 0 Å². The second-order valence-corrected chi connectivity index (χ2v) is 9.52. The highest BCUT2D eigenvalue weighted by Crippen LogP contribution is 2.40. The predicted molar refractivity (Wildman–Crippen MR) is 112 cm³/mol. The number of phenols is 1. The lowest BCUT2D eigenvalue weighted by atomic mass is 9.78. The maximum absolute atomic E-state index is 10.9. The van der Waals surface area contributed by atoms with Crippen LogP contribution in [0.15, 0.2) is 24.4 Å². The van der Waals surface area contributed by atoms with E-state index in [4.69, 9.17) is 0 Å². The van der Waals surface area contributed by atoms with Gasteiger partial charge in [-0.1, -0.05) is 60.6 Å². The van der Waals surface area contributed by atoms with Crippen LogP contribution in [0.4, 0.5) is 0 Å². The first-order chi connectivity index (χ1) is 12.0. The molecule has 1 aromatic heterocycles. The standard InChI is InChI=1S/C24H37NO/c1-9-19-13-18(16-25(19)10-2)12-11-17-14-20(23(3,4)5)22(26)21(15-17)24(6,7)8/h13-16,26H,9-12H2,1-8H3. The monoisotopic (exact) mass is 355 g/mol. The van der Waals surface area contributed by atoms with Crippen LogP contribution in [0.1, 0.15) is 83.3 Å². The Hall–Kier alpha value is -1.70. The molecule has 1 N–H and O–H groups in total. The molecule has 0 saturated heterocycles. The van der Waals surface area contributed by atoms with E-state index in [1.807, 2.05) is 0 Å². The number of rotatable bonds is 5. The topological polar surface area (TPSA) is 25.2 Å². The third kappa shape index (κ3) is 4.52. The molecule has 2 heteroatoms. The van der Waals surface area contributed by atoms with Gasteiger partial charge in [-0.25, -0.2) is 0 Å². The van der Waals surface area contributed by atoms with Gasteiger partial charge in [-0.05, 0) is 65.3 Å². The summed E-state index contributed by atoms with van der Waals surface area (Å²) in [6.45, 7) is 18.5. The summed E-state index contributed by atoms with van der Waals surface area (Å²) >= 11 is 0. The molecule has 0 aliphatic rings. The summed E-state index contributed by atoms with van der Waals surface area (Å²) < 4.78 is 2.35. The fourth-order valence-electron chi connectivity index (χ4n) is 3.62. The van der Waals surface area contributed by atoms with Gasteiger partial charge in [-0.15, -0.1) is 0 Å². The van der Waals surface area contributed by atoms with Crippen LogP contribution in [-0.4, -0.2) is 9.67 Å². The van der Waals surface area contributed by atoms with Crippen molar-refractivity contribution in [1.29, 1.82) is 0 Å². The average Bonchev–Trinajstić information content (AvgIpc) is 2.94. The number of benzene rings is 1. The smallest absolute Gasteiger partial charge is 0.123 e. The molecule has 1 heterocycles. The summed E-state index contributed by atoms with van der Waals surface area (Å²) in [6.07, 6.45) is 5.42. The van der Waals surface area contributed by atoms with E-state index >= 15 is 0 Å². The Morgan fingerprint density at radius 3 is 1.69 bits per heavy atom. The maximum atomic E-state index is 10.9. The predicted octanol–water partition coefficient (Wildman–Crippen LogP) is 6.16. The van der Waals surface area contributed by atoms with Crippen LogP contribution in [0.3, 0.4) is 0 Å². The van der Waals surface area contributed by atoms with E-state index < -0.39 is 0 Å². The summed E-state index contributed by atoms with van der Waals surface area (Å²) in [5.41, 5.74) is 6.12. The third-order valence-corrected chi connectivity index (χ3v) is 5.23. The highest BCUT2D eigenvalue weighted by molar-refractivity contribution is 5.50. The second-order valence-electron chi connectivity index (χ2n) is 9.52. The number of nitrogens with zero attached hydrogens (tertiary/aromatic N) is 1. The summed E-state index contributed by atoms with van der Waals surface area (Å²) in [4.78, 5) is 0. The molecular weight excluding hydrogens is 318 g/mol. The number of hydrogen-bond donors (Lipinski definition) is 1. The minimum Gasteiger partial charge on any atom is -0.507 e. The van der Waals surface area contributed by atoms with Crippen molar-refractivity contribution < 1.29 is 5.11 Å². The van der Waals surface area contributed by atoms with Gasteiger partial charge in [0.1, 0.15) is 5.75 Å². The van der Waals surface area contributed by atoms with Crippen molar-refractivity contribution in [2.45, 2.75) is 92.0 Å². The van der Waals surface area contributed by atoms with E-state index in [1.165, 1.54) is 16.8 Å². The van der Waals surface area contributed by atoms with Gasteiger partial charge in [-0.2, -0.15) is 0 Å². The molecule has 0 radical (unpaired) electrons. The third-order valence-electron chi connectivity index (χ3n) is 5.23. The maximum Gasteiger partial charge on any atom is 0.123 e. The molecule has 0 fully saturated rings. The normalized spacial score (nSPS) is 12.6. The molecule has 0 atom stereocenters. The van der Waals surface area contributed by atoms with E-state index in [-0.39, 0.29) is 10.8 Å².